The lowest BCUT2D eigenvalue weighted by Crippen LogP contribution is -2.53. The molecule has 10 heteroatoms. The van der Waals surface area contributed by atoms with E-state index in [0.29, 0.717) is 32.7 Å². The summed E-state index contributed by atoms with van der Waals surface area (Å²) in [4.78, 5) is 18.0. The highest BCUT2D eigenvalue weighted by Gasteiger charge is 2.33. The molecule has 8 nitrogen and oxygen atoms in total. The van der Waals surface area contributed by atoms with Crippen LogP contribution in [0, 0.1) is 5.92 Å². The van der Waals surface area contributed by atoms with Crippen LogP contribution in [0.5, 0.6) is 0 Å². The van der Waals surface area contributed by atoms with Crippen molar-refractivity contribution in [2.75, 3.05) is 50.4 Å². The predicted octanol–water partition coefficient (Wildman–Crippen LogP) is 1.53. The first-order valence-electron chi connectivity index (χ1n) is 9.78. The number of rotatable bonds is 4. The topological polar surface area (TPSA) is 86.7 Å². The van der Waals surface area contributed by atoms with Crippen LogP contribution in [0.4, 0.5) is 5.82 Å². The Balaban J connectivity index is 1.37. The van der Waals surface area contributed by atoms with E-state index in [9.17, 15) is 13.2 Å². The minimum Gasteiger partial charge on any atom is -0.354 e. The maximum atomic E-state index is 13.0. The van der Waals surface area contributed by atoms with Crippen molar-refractivity contribution in [1.82, 2.24) is 19.4 Å². The van der Waals surface area contributed by atoms with Crippen molar-refractivity contribution >= 4 is 33.1 Å². The van der Waals surface area contributed by atoms with Crippen LogP contribution in [0.15, 0.2) is 29.6 Å². The van der Waals surface area contributed by atoms with Crippen LogP contribution in [0.2, 0.25) is 0 Å². The summed E-state index contributed by atoms with van der Waals surface area (Å²) in [6.45, 7) is 3.14. The smallest absolute Gasteiger partial charge is 0.227 e. The van der Waals surface area contributed by atoms with Gasteiger partial charge >= 0.3 is 0 Å². The third kappa shape index (κ3) is 4.59. The maximum absolute atomic E-state index is 13.0. The van der Waals surface area contributed by atoms with Crippen molar-refractivity contribution in [3.63, 3.8) is 0 Å². The number of sulfonamides is 1. The molecule has 4 rings (SSSR count). The van der Waals surface area contributed by atoms with Crippen molar-refractivity contribution in [3.05, 3.63) is 29.6 Å². The molecule has 0 spiro atoms. The number of carbonyl (C=O) groups is 1. The highest BCUT2D eigenvalue weighted by molar-refractivity contribution is 7.88. The fourth-order valence-corrected chi connectivity index (χ4v) is 5.45. The summed E-state index contributed by atoms with van der Waals surface area (Å²) in [6, 6.07) is 7.96. The van der Waals surface area contributed by atoms with Crippen molar-refractivity contribution in [2.24, 2.45) is 5.92 Å². The Bertz CT molecular complexity index is 939. The number of nitrogens with zero attached hydrogens (tertiary/aromatic N) is 5. The Morgan fingerprint density at radius 1 is 1.10 bits per heavy atom. The van der Waals surface area contributed by atoms with Gasteiger partial charge in [0.25, 0.3) is 0 Å². The quantitative estimate of drug-likeness (QED) is 0.724. The van der Waals surface area contributed by atoms with Crippen LogP contribution in [0.25, 0.3) is 10.6 Å². The lowest BCUT2D eigenvalue weighted by molar-refractivity contribution is -0.137. The van der Waals surface area contributed by atoms with Gasteiger partial charge in [-0.15, -0.1) is 21.5 Å². The molecule has 0 saturated carbocycles. The van der Waals surface area contributed by atoms with Gasteiger partial charge in [-0.05, 0) is 36.4 Å². The Morgan fingerprint density at radius 3 is 2.52 bits per heavy atom. The highest BCUT2D eigenvalue weighted by atomic mass is 32.2. The molecule has 4 heterocycles. The standard InChI is InChI=1S/C19H25N5O3S2/c1-29(26,27)24-11-9-22(10-12-24)19(25)15-4-2-8-23(14-15)18-7-6-16(20-21-18)17-5-3-13-28-17/h3,5-7,13,15H,2,4,8-12,14H2,1H3. The van der Waals surface area contributed by atoms with E-state index < -0.39 is 10.0 Å². The van der Waals surface area contributed by atoms with E-state index in [-0.39, 0.29) is 11.8 Å². The second kappa shape index (κ2) is 8.37. The molecule has 2 aromatic rings. The monoisotopic (exact) mass is 435 g/mol. The number of hydrogen-bond acceptors (Lipinski definition) is 7. The lowest BCUT2D eigenvalue weighted by atomic mass is 9.96. The van der Waals surface area contributed by atoms with Crippen molar-refractivity contribution in [2.45, 2.75) is 12.8 Å². The van der Waals surface area contributed by atoms with Crippen molar-refractivity contribution in [3.8, 4) is 10.6 Å². The molecular weight excluding hydrogens is 410 g/mol. The number of aromatic nitrogens is 2. The van der Waals surface area contributed by atoms with E-state index in [1.165, 1.54) is 10.6 Å². The van der Waals surface area contributed by atoms with E-state index in [2.05, 4.69) is 15.1 Å². The zero-order valence-corrected chi connectivity index (χ0v) is 18.0. The molecule has 29 heavy (non-hydrogen) atoms. The van der Waals surface area contributed by atoms with E-state index in [1.807, 2.05) is 29.6 Å². The van der Waals surface area contributed by atoms with Crippen molar-refractivity contribution in [1.29, 1.82) is 0 Å². The van der Waals surface area contributed by atoms with Gasteiger partial charge < -0.3 is 9.80 Å². The van der Waals surface area contributed by atoms with Gasteiger partial charge in [-0.1, -0.05) is 6.07 Å². The number of carbonyl (C=O) groups excluding carboxylic acids is 1. The zero-order valence-electron chi connectivity index (χ0n) is 16.4. The average molecular weight is 436 g/mol. The maximum Gasteiger partial charge on any atom is 0.227 e. The van der Waals surface area contributed by atoms with Gasteiger partial charge in [0.2, 0.25) is 15.9 Å². The van der Waals surface area contributed by atoms with Crippen LogP contribution in [-0.4, -0.2) is 79.3 Å². The summed E-state index contributed by atoms with van der Waals surface area (Å²) in [5, 5.41) is 10.7. The van der Waals surface area contributed by atoms with E-state index in [4.69, 9.17) is 0 Å². The fourth-order valence-electron chi connectivity index (χ4n) is 3.93. The first-order chi connectivity index (χ1) is 13.9. The number of piperidine rings is 1. The summed E-state index contributed by atoms with van der Waals surface area (Å²) in [5.41, 5.74) is 0.858. The van der Waals surface area contributed by atoms with Crippen LogP contribution in [0.1, 0.15) is 12.8 Å². The summed E-state index contributed by atoms with van der Waals surface area (Å²) in [7, 11) is -3.19. The first-order valence-corrected chi connectivity index (χ1v) is 12.5. The molecule has 0 N–H and O–H groups in total. The van der Waals surface area contributed by atoms with Crippen LogP contribution < -0.4 is 4.90 Å². The SMILES string of the molecule is CS(=O)(=O)N1CCN(C(=O)C2CCCN(c3ccc(-c4cccs4)nn3)C2)CC1. The molecule has 1 unspecified atom stereocenters. The van der Waals surface area contributed by atoms with Gasteiger partial charge in [-0.25, -0.2) is 8.42 Å². The summed E-state index contributed by atoms with van der Waals surface area (Å²) >= 11 is 1.63. The molecule has 1 atom stereocenters. The Labute approximate surface area is 175 Å². The number of amides is 1. The summed E-state index contributed by atoms with van der Waals surface area (Å²) in [5.74, 6) is 0.822. The third-order valence-electron chi connectivity index (χ3n) is 5.54. The first kappa shape index (κ1) is 20.2. The van der Waals surface area contributed by atoms with E-state index >= 15 is 0 Å². The molecule has 2 saturated heterocycles. The second-order valence-corrected chi connectivity index (χ2v) is 10.5. The molecule has 0 radical (unpaired) electrons. The number of hydrogen-bond donors (Lipinski definition) is 0. The Morgan fingerprint density at radius 2 is 1.90 bits per heavy atom. The molecule has 156 valence electrons. The molecule has 2 aliphatic heterocycles. The predicted molar refractivity (Wildman–Crippen MR) is 113 cm³/mol. The van der Waals surface area contributed by atoms with E-state index in [0.717, 1.165) is 35.8 Å². The molecule has 0 aliphatic carbocycles. The third-order valence-corrected chi connectivity index (χ3v) is 7.73. The Kier molecular flexibility index (Phi) is 5.84. The lowest BCUT2D eigenvalue weighted by Gasteiger charge is -2.38. The van der Waals surface area contributed by atoms with Crippen LogP contribution in [0.3, 0.4) is 0 Å². The van der Waals surface area contributed by atoms with Gasteiger partial charge in [0.1, 0.15) is 5.69 Å². The van der Waals surface area contributed by atoms with Crippen molar-refractivity contribution < 1.29 is 13.2 Å². The number of thiophene rings is 1. The second-order valence-electron chi connectivity index (χ2n) is 7.53. The molecule has 2 aromatic heterocycles. The average Bonchev–Trinajstić information content (AvgIpc) is 3.28. The Hall–Kier alpha value is -2.04. The zero-order chi connectivity index (χ0) is 20.4. The van der Waals surface area contributed by atoms with Crippen LogP contribution >= 0.6 is 11.3 Å². The van der Waals surface area contributed by atoms with Gasteiger partial charge in [0, 0.05) is 39.3 Å². The normalized spacial score (nSPS) is 21.3. The number of anilines is 1. The van der Waals surface area contributed by atoms with E-state index in [1.54, 1.807) is 16.2 Å². The molecule has 2 aliphatic rings. The molecule has 2 fully saturated rings. The fraction of sp³-hybridized carbons (Fsp3) is 0.526. The van der Waals surface area contributed by atoms with Crippen LogP contribution in [-0.2, 0) is 14.8 Å². The number of piperazine rings is 1. The van der Waals surface area contributed by atoms with Gasteiger partial charge in [0.05, 0.1) is 17.1 Å². The molecule has 1 amide bonds. The largest absolute Gasteiger partial charge is 0.354 e. The minimum atomic E-state index is -3.19. The summed E-state index contributed by atoms with van der Waals surface area (Å²) < 4.78 is 24.8. The summed E-state index contributed by atoms with van der Waals surface area (Å²) in [6.07, 6.45) is 2.99. The highest BCUT2D eigenvalue weighted by Crippen LogP contribution is 2.26. The molecule has 0 bridgehead atoms. The van der Waals surface area contributed by atoms with Gasteiger partial charge in [-0.3, -0.25) is 4.79 Å². The van der Waals surface area contributed by atoms with Gasteiger partial charge in [0.15, 0.2) is 5.82 Å². The van der Waals surface area contributed by atoms with Gasteiger partial charge in [-0.2, -0.15) is 4.31 Å². The molecule has 0 aromatic carbocycles. The minimum absolute atomic E-state index is 0.0905. The molecular formula is C19H25N5O3S2.